The SMILES string of the molecule is Cn1nccc1/C=C(/N)C(=O)O. The molecule has 12 heavy (non-hydrogen) atoms. The topological polar surface area (TPSA) is 81.1 Å². The van der Waals surface area contributed by atoms with E-state index in [2.05, 4.69) is 5.10 Å². The Balaban J connectivity index is 2.95. The zero-order valence-electron chi connectivity index (χ0n) is 6.56. The predicted octanol–water partition coefficient (Wildman–Crippen LogP) is -0.196. The Morgan fingerprint density at radius 2 is 2.50 bits per heavy atom. The van der Waals surface area contributed by atoms with E-state index in [0.29, 0.717) is 5.69 Å². The summed E-state index contributed by atoms with van der Waals surface area (Å²) in [7, 11) is 1.71. The van der Waals surface area contributed by atoms with Gasteiger partial charge in [-0.2, -0.15) is 5.10 Å². The molecule has 1 aromatic heterocycles. The largest absolute Gasteiger partial charge is 0.477 e. The summed E-state index contributed by atoms with van der Waals surface area (Å²) >= 11 is 0. The number of carbonyl (C=O) groups is 1. The second-order valence-electron chi connectivity index (χ2n) is 2.28. The van der Waals surface area contributed by atoms with E-state index in [1.54, 1.807) is 19.3 Å². The number of aliphatic carboxylic acids is 1. The number of rotatable bonds is 2. The molecule has 0 radical (unpaired) electrons. The summed E-state index contributed by atoms with van der Waals surface area (Å²) < 4.78 is 1.54. The molecule has 0 aliphatic carbocycles. The number of aryl methyl sites for hydroxylation is 1. The summed E-state index contributed by atoms with van der Waals surface area (Å²) in [6.45, 7) is 0. The third-order valence-corrected chi connectivity index (χ3v) is 1.41. The third-order valence-electron chi connectivity index (χ3n) is 1.41. The van der Waals surface area contributed by atoms with E-state index >= 15 is 0 Å². The van der Waals surface area contributed by atoms with Crippen molar-refractivity contribution in [3.63, 3.8) is 0 Å². The van der Waals surface area contributed by atoms with Crippen LogP contribution in [0.15, 0.2) is 18.0 Å². The van der Waals surface area contributed by atoms with Gasteiger partial charge in [-0.25, -0.2) is 4.79 Å². The van der Waals surface area contributed by atoms with Crippen LogP contribution in [0.25, 0.3) is 6.08 Å². The average Bonchev–Trinajstić information content (AvgIpc) is 2.36. The van der Waals surface area contributed by atoms with Gasteiger partial charge in [-0.3, -0.25) is 4.68 Å². The fraction of sp³-hybridized carbons (Fsp3) is 0.143. The minimum atomic E-state index is -1.13. The smallest absolute Gasteiger partial charge is 0.351 e. The van der Waals surface area contributed by atoms with E-state index in [1.165, 1.54) is 10.8 Å². The minimum absolute atomic E-state index is 0.196. The van der Waals surface area contributed by atoms with E-state index in [-0.39, 0.29) is 5.70 Å². The van der Waals surface area contributed by atoms with E-state index < -0.39 is 5.97 Å². The summed E-state index contributed by atoms with van der Waals surface area (Å²) in [6, 6.07) is 1.68. The lowest BCUT2D eigenvalue weighted by Gasteiger charge is -1.95. The molecule has 0 aliphatic heterocycles. The van der Waals surface area contributed by atoms with Crippen LogP contribution in [-0.4, -0.2) is 20.9 Å². The van der Waals surface area contributed by atoms with E-state index in [4.69, 9.17) is 10.8 Å². The molecule has 5 heteroatoms. The Labute approximate surface area is 69.1 Å². The Morgan fingerprint density at radius 1 is 1.83 bits per heavy atom. The van der Waals surface area contributed by atoms with Crippen molar-refractivity contribution in [1.82, 2.24) is 9.78 Å². The van der Waals surface area contributed by atoms with Crippen LogP contribution in [0.2, 0.25) is 0 Å². The number of carboxylic acids is 1. The van der Waals surface area contributed by atoms with Gasteiger partial charge in [0.05, 0.1) is 5.69 Å². The van der Waals surface area contributed by atoms with E-state index in [9.17, 15) is 4.79 Å². The first-order valence-electron chi connectivity index (χ1n) is 3.29. The van der Waals surface area contributed by atoms with Gasteiger partial charge in [0.1, 0.15) is 5.70 Å². The Kier molecular flexibility index (Phi) is 2.14. The maximum atomic E-state index is 10.3. The molecule has 0 saturated carbocycles. The first-order valence-corrected chi connectivity index (χ1v) is 3.29. The molecule has 1 heterocycles. The zero-order valence-corrected chi connectivity index (χ0v) is 6.56. The molecule has 0 saturated heterocycles. The first-order chi connectivity index (χ1) is 5.61. The maximum absolute atomic E-state index is 10.3. The predicted molar refractivity (Wildman–Crippen MR) is 43.0 cm³/mol. The van der Waals surface area contributed by atoms with Crippen LogP contribution in [0.1, 0.15) is 5.69 Å². The van der Waals surface area contributed by atoms with Gasteiger partial charge in [-0.05, 0) is 12.1 Å². The van der Waals surface area contributed by atoms with Crippen LogP contribution < -0.4 is 5.73 Å². The molecule has 0 bridgehead atoms. The van der Waals surface area contributed by atoms with Gasteiger partial charge < -0.3 is 10.8 Å². The van der Waals surface area contributed by atoms with E-state index in [0.717, 1.165) is 0 Å². The number of carboxylic acid groups (broad SMARTS) is 1. The number of aromatic nitrogens is 2. The van der Waals surface area contributed by atoms with Gasteiger partial charge in [0, 0.05) is 13.2 Å². The molecule has 1 rings (SSSR count). The van der Waals surface area contributed by atoms with Gasteiger partial charge >= 0.3 is 5.97 Å². The monoisotopic (exact) mass is 167 g/mol. The third kappa shape index (κ3) is 1.63. The molecule has 0 aromatic carbocycles. The van der Waals surface area contributed by atoms with Crippen molar-refractivity contribution in [2.75, 3.05) is 0 Å². The number of nitrogens with two attached hydrogens (primary N) is 1. The highest BCUT2D eigenvalue weighted by atomic mass is 16.4. The maximum Gasteiger partial charge on any atom is 0.351 e. The fourth-order valence-electron chi connectivity index (χ4n) is 0.747. The van der Waals surface area contributed by atoms with Gasteiger partial charge in [0.25, 0.3) is 0 Å². The number of hydrogen-bond donors (Lipinski definition) is 2. The van der Waals surface area contributed by atoms with Crippen molar-refractivity contribution in [3.05, 3.63) is 23.7 Å². The van der Waals surface area contributed by atoms with Crippen molar-refractivity contribution in [2.24, 2.45) is 12.8 Å². The molecule has 0 aliphatic rings. The highest BCUT2D eigenvalue weighted by molar-refractivity contribution is 5.90. The van der Waals surface area contributed by atoms with Gasteiger partial charge in [-0.15, -0.1) is 0 Å². The van der Waals surface area contributed by atoms with Gasteiger partial charge in [0.15, 0.2) is 0 Å². The quantitative estimate of drug-likeness (QED) is 0.598. The molecule has 0 unspecified atom stereocenters. The Bertz CT molecular complexity index is 327. The van der Waals surface area contributed by atoms with Crippen LogP contribution in [0.3, 0.4) is 0 Å². The summed E-state index contributed by atoms with van der Waals surface area (Å²) in [5, 5.41) is 12.3. The number of nitrogens with zero attached hydrogens (tertiary/aromatic N) is 2. The van der Waals surface area contributed by atoms with Crippen molar-refractivity contribution < 1.29 is 9.90 Å². The van der Waals surface area contributed by atoms with E-state index in [1.807, 2.05) is 0 Å². The number of hydrogen-bond acceptors (Lipinski definition) is 3. The fourth-order valence-corrected chi connectivity index (χ4v) is 0.747. The molecule has 0 atom stereocenters. The lowest BCUT2D eigenvalue weighted by Crippen LogP contribution is -2.10. The van der Waals surface area contributed by atoms with Crippen LogP contribution in [-0.2, 0) is 11.8 Å². The molecule has 3 N–H and O–H groups in total. The lowest BCUT2D eigenvalue weighted by atomic mass is 10.3. The molecular formula is C7H9N3O2. The summed E-state index contributed by atoms with van der Waals surface area (Å²) in [5.74, 6) is -1.13. The molecule has 0 amide bonds. The standard InChI is InChI=1S/C7H9N3O2/c1-10-5(2-3-9-10)4-6(8)7(11)12/h2-4H,8H2,1H3,(H,11,12)/b6-4+. The average molecular weight is 167 g/mol. The Morgan fingerprint density at radius 3 is 2.92 bits per heavy atom. The van der Waals surface area contributed by atoms with Crippen LogP contribution >= 0.6 is 0 Å². The highest BCUT2D eigenvalue weighted by Crippen LogP contribution is 2.01. The van der Waals surface area contributed by atoms with Crippen LogP contribution in [0.4, 0.5) is 0 Å². The van der Waals surface area contributed by atoms with Crippen molar-refractivity contribution in [1.29, 1.82) is 0 Å². The van der Waals surface area contributed by atoms with Crippen molar-refractivity contribution in [2.45, 2.75) is 0 Å². The molecular weight excluding hydrogens is 158 g/mol. The second-order valence-corrected chi connectivity index (χ2v) is 2.28. The summed E-state index contributed by atoms with van der Waals surface area (Å²) in [5.41, 5.74) is 5.66. The highest BCUT2D eigenvalue weighted by Gasteiger charge is 2.02. The van der Waals surface area contributed by atoms with Gasteiger partial charge in [0.2, 0.25) is 0 Å². The molecule has 0 fully saturated rings. The molecule has 0 spiro atoms. The second kappa shape index (κ2) is 3.08. The molecule has 64 valence electrons. The zero-order chi connectivity index (χ0) is 9.14. The normalized spacial score (nSPS) is 11.6. The van der Waals surface area contributed by atoms with Crippen LogP contribution in [0, 0.1) is 0 Å². The summed E-state index contributed by atoms with van der Waals surface area (Å²) in [4.78, 5) is 10.3. The minimum Gasteiger partial charge on any atom is -0.477 e. The summed E-state index contributed by atoms with van der Waals surface area (Å²) in [6.07, 6.45) is 2.93. The van der Waals surface area contributed by atoms with Crippen LogP contribution in [0.5, 0.6) is 0 Å². The van der Waals surface area contributed by atoms with Crippen molar-refractivity contribution in [3.8, 4) is 0 Å². The Hall–Kier alpha value is -1.78. The lowest BCUT2D eigenvalue weighted by molar-refractivity contribution is -0.132. The first kappa shape index (κ1) is 8.32. The molecule has 1 aromatic rings. The molecule has 5 nitrogen and oxygen atoms in total. The van der Waals surface area contributed by atoms with Crippen molar-refractivity contribution >= 4 is 12.0 Å². The van der Waals surface area contributed by atoms with Gasteiger partial charge in [-0.1, -0.05) is 0 Å².